The van der Waals surface area contributed by atoms with Crippen LogP contribution in [0.4, 0.5) is 0 Å². The first-order valence-electron chi connectivity index (χ1n) is 5.76. The van der Waals surface area contributed by atoms with E-state index in [4.69, 9.17) is 5.11 Å². The summed E-state index contributed by atoms with van der Waals surface area (Å²) in [5, 5.41) is 10.5. The maximum Gasteiger partial charge on any atom is 0.326 e. The van der Waals surface area contributed by atoms with Crippen molar-refractivity contribution in [1.29, 1.82) is 0 Å². The van der Waals surface area contributed by atoms with Gasteiger partial charge in [0.1, 0.15) is 6.04 Å². The van der Waals surface area contributed by atoms with Crippen molar-refractivity contribution in [3.63, 3.8) is 0 Å². The summed E-state index contributed by atoms with van der Waals surface area (Å²) in [6.07, 6.45) is 0.274. The number of likely N-dealkylation sites (N-methyl/N-ethyl adjacent to an activating group) is 1. The van der Waals surface area contributed by atoms with Crippen LogP contribution in [0.15, 0.2) is 0 Å². The zero-order chi connectivity index (χ0) is 14.6. The Morgan fingerprint density at radius 1 is 1.53 bits per heavy atom. The molecule has 0 radical (unpaired) electrons. The molecule has 2 N–H and O–H groups in total. The molecule has 1 aliphatic rings. The molecule has 0 bridgehead atoms. The smallest absolute Gasteiger partial charge is 0.326 e. The fourth-order valence-corrected chi connectivity index (χ4v) is 2.57. The Hall–Kier alpha value is -1.57. The van der Waals surface area contributed by atoms with Crippen molar-refractivity contribution in [2.75, 3.05) is 12.8 Å². The average Bonchev–Trinajstić information content (AvgIpc) is 2.65. The van der Waals surface area contributed by atoms with Gasteiger partial charge in [-0.15, -0.1) is 11.8 Å². The predicted molar refractivity (Wildman–Crippen MR) is 68.5 cm³/mol. The van der Waals surface area contributed by atoms with Gasteiger partial charge in [-0.25, -0.2) is 4.79 Å². The molecule has 106 valence electrons. The quantitative estimate of drug-likeness (QED) is 0.636. The molecule has 0 aromatic heterocycles. The van der Waals surface area contributed by atoms with Crippen molar-refractivity contribution in [1.82, 2.24) is 10.2 Å². The normalized spacial score (nSPS) is 20.0. The fourth-order valence-electron chi connectivity index (χ4n) is 1.51. The Labute approximate surface area is 114 Å². The van der Waals surface area contributed by atoms with E-state index < -0.39 is 17.3 Å². The molecule has 1 heterocycles. The molecule has 0 aromatic rings. The largest absolute Gasteiger partial charge is 0.480 e. The van der Waals surface area contributed by atoms with Crippen molar-refractivity contribution < 1.29 is 24.3 Å². The molecule has 1 fully saturated rings. The summed E-state index contributed by atoms with van der Waals surface area (Å²) in [6, 6.07) is -0.881. The number of amides is 3. The fraction of sp³-hybridized carbons (Fsp3) is 0.636. The van der Waals surface area contributed by atoms with Gasteiger partial charge in [-0.1, -0.05) is 0 Å². The van der Waals surface area contributed by atoms with E-state index in [0.29, 0.717) is 5.75 Å². The first-order chi connectivity index (χ1) is 8.82. The minimum absolute atomic E-state index is 0.136. The second-order valence-corrected chi connectivity index (χ2v) is 5.56. The number of carboxylic acids is 1. The summed E-state index contributed by atoms with van der Waals surface area (Å²) in [5.41, 5.74) is 0. The molecule has 1 rings (SSSR count). The lowest BCUT2D eigenvalue weighted by Crippen LogP contribution is -2.40. The van der Waals surface area contributed by atoms with Crippen molar-refractivity contribution in [2.24, 2.45) is 0 Å². The van der Waals surface area contributed by atoms with Crippen LogP contribution in [0.5, 0.6) is 0 Å². The third kappa shape index (κ3) is 4.23. The molecule has 0 aliphatic carbocycles. The zero-order valence-corrected chi connectivity index (χ0v) is 11.5. The number of thioether (sulfide) groups is 1. The van der Waals surface area contributed by atoms with Gasteiger partial charge in [0.15, 0.2) is 0 Å². The van der Waals surface area contributed by atoms with Crippen LogP contribution in [-0.4, -0.2) is 57.8 Å². The van der Waals surface area contributed by atoms with Crippen molar-refractivity contribution in [3.05, 3.63) is 0 Å². The number of carbonyl (C=O) groups excluding carboxylic acids is 3. The van der Waals surface area contributed by atoms with Gasteiger partial charge in [-0.05, 0) is 6.92 Å². The summed E-state index contributed by atoms with van der Waals surface area (Å²) in [5.74, 6) is -1.61. The summed E-state index contributed by atoms with van der Waals surface area (Å²) in [7, 11) is 1.43. The Balaban J connectivity index is 2.33. The summed E-state index contributed by atoms with van der Waals surface area (Å²) < 4.78 is 0. The van der Waals surface area contributed by atoms with E-state index in [2.05, 4.69) is 5.32 Å². The molecule has 1 unspecified atom stereocenters. The number of rotatable bonds is 6. The summed E-state index contributed by atoms with van der Waals surface area (Å²) in [6.45, 7) is 1.43. The van der Waals surface area contributed by atoms with E-state index in [0.717, 1.165) is 4.90 Å². The highest BCUT2D eigenvalue weighted by molar-refractivity contribution is 8.00. The topological polar surface area (TPSA) is 104 Å². The summed E-state index contributed by atoms with van der Waals surface area (Å²) in [4.78, 5) is 45.8. The standard InChI is InChI=1S/C11H16N2O5S/c1-6(11(17)18)13(2)9(15)3-4-19-7-5-8(14)12-10(7)16/h6-7H,3-5H2,1-2H3,(H,17,18)(H,12,14,16)/t6-,7?/m0/s1. The molecule has 8 heteroatoms. The van der Waals surface area contributed by atoms with Crippen LogP contribution < -0.4 is 5.32 Å². The maximum atomic E-state index is 11.7. The Morgan fingerprint density at radius 3 is 2.63 bits per heavy atom. The Morgan fingerprint density at radius 2 is 2.16 bits per heavy atom. The highest BCUT2D eigenvalue weighted by Gasteiger charge is 2.31. The van der Waals surface area contributed by atoms with E-state index in [1.807, 2.05) is 0 Å². The van der Waals surface area contributed by atoms with E-state index in [-0.39, 0.29) is 30.6 Å². The molecule has 7 nitrogen and oxygen atoms in total. The maximum absolute atomic E-state index is 11.7. The number of hydrogen-bond donors (Lipinski definition) is 2. The van der Waals surface area contributed by atoms with Gasteiger partial charge in [0, 0.05) is 25.6 Å². The number of nitrogens with zero attached hydrogens (tertiary/aromatic N) is 1. The van der Waals surface area contributed by atoms with Gasteiger partial charge >= 0.3 is 5.97 Å². The molecular formula is C11H16N2O5S. The van der Waals surface area contributed by atoms with E-state index in [1.165, 1.54) is 25.7 Å². The number of nitrogens with one attached hydrogen (secondary N) is 1. The Kier molecular flexibility index (Phi) is 5.34. The van der Waals surface area contributed by atoms with E-state index in [1.54, 1.807) is 0 Å². The number of carbonyl (C=O) groups is 4. The first-order valence-corrected chi connectivity index (χ1v) is 6.81. The van der Waals surface area contributed by atoms with Crippen LogP contribution in [0.25, 0.3) is 0 Å². The molecule has 1 saturated heterocycles. The lowest BCUT2D eigenvalue weighted by atomic mass is 10.3. The monoisotopic (exact) mass is 288 g/mol. The van der Waals surface area contributed by atoms with Gasteiger partial charge in [0.2, 0.25) is 17.7 Å². The molecular weight excluding hydrogens is 272 g/mol. The molecule has 19 heavy (non-hydrogen) atoms. The van der Waals surface area contributed by atoms with Crippen LogP contribution >= 0.6 is 11.8 Å². The lowest BCUT2D eigenvalue weighted by Gasteiger charge is -2.21. The van der Waals surface area contributed by atoms with Crippen molar-refractivity contribution >= 4 is 35.5 Å². The second kappa shape index (κ2) is 6.55. The van der Waals surface area contributed by atoms with Crippen LogP contribution in [0.2, 0.25) is 0 Å². The van der Waals surface area contributed by atoms with Crippen LogP contribution in [0, 0.1) is 0 Å². The van der Waals surface area contributed by atoms with Crippen LogP contribution in [0.1, 0.15) is 19.8 Å². The lowest BCUT2D eigenvalue weighted by molar-refractivity contribution is -0.148. The minimum Gasteiger partial charge on any atom is -0.480 e. The second-order valence-electron chi connectivity index (χ2n) is 4.24. The highest BCUT2D eigenvalue weighted by atomic mass is 32.2. The SMILES string of the molecule is C[C@@H](C(=O)O)N(C)C(=O)CCSC1CC(=O)NC1=O. The summed E-state index contributed by atoms with van der Waals surface area (Å²) >= 11 is 1.23. The number of hydrogen-bond acceptors (Lipinski definition) is 5. The van der Waals surface area contributed by atoms with E-state index >= 15 is 0 Å². The van der Waals surface area contributed by atoms with Crippen molar-refractivity contribution in [3.8, 4) is 0 Å². The Bertz CT molecular complexity index is 412. The van der Waals surface area contributed by atoms with Gasteiger partial charge in [-0.3, -0.25) is 19.7 Å². The number of aliphatic carboxylic acids is 1. The van der Waals surface area contributed by atoms with E-state index in [9.17, 15) is 19.2 Å². The molecule has 3 amide bonds. The third-order valence-electron chi connectivity index (χ3n) is 2.89. The zero-order valence-electron chi connectivity index (χ0n) is 10.7. The molecule has 0 aromatic carbocycles. The minimum atomic E-state index is -1.07. The van der Waals surface area contributed by atoms with Crippen LogP contribution in [0.3, 0.4) is 0 Å². The number of imide groups is 1. The van der Waals surface area contributed by atoms with Gasteiger partial charge in [-0.2, -0.15) is 0 Å². The average molecular weight is 288 g/mol. The van der Waals surface area contributed by atoms with Gasteiger partial charge < -0.3 is 10.0 Å². The third-order valence-corrected chi connectivity index (χ3v) is 4.12. The molecule has 0 saturated carbocycles. The van der Waals surface area contributed by atoms with Crippen molar-refractivity contribution in [2.45, 2.75) is 31.1 Å². The number of carboxylic acid groups (broad SMARTS) is 1. The highest BCUT2D eigenvalue weighted by Crippen LogP contribution is 2.20. The predicted octanol–water partition coefficient (Wildman–Crippen LogP) is -0.544. The molecule has 0 spiro atoms. The first kappa shape index (κ1) is 15.5. The molecule has 1 aliphatic heterocycles. The van der Waals surface area contributed by atoms with Crippen LogP contribution in [-0.2, 0) is 19.2 Å². The van der Waals surface area contributed by atoms with Gasteiger partial charge in [0.25, 0.3) is 0 Å². The molecule has 2 atom stereocenters. The van der Waals surface area contributed by atoms with Gasteiger partial charge in [0.05, 0.1) is 5.25 Å².